The van der Waals surface area contributed by atoms with E-state index < -0.39 is 34.8 Å². The summed E-state index contributed by atoms with van der Waals surface area (Å²) in [5, 5.41) is 5.46. The van der Waals surface area contributed by atoms with E-state index in [0.29, 0.717) is 44.7 Å². The highest BCUT2D eigenvalue weighted by atomic mass is 32.2. The lowest BCUT2D eigenvalue weighted by molar-refractivity contribution is -0.138. The van der Waals surface area contributed by atoms with Crippen molar-refractivity contribution in [2.24, 2.45) is 0 Å². The normalized spacial score (nSPS) is 23.8. The molecule has 13 heteroatoms. The maximum absolute atomic E-state index is 12.4. The van der Waals surface area contributed by atoms with Gasteiger partial charge in [-0.3, -0.25) is 0 Å². The van der Waals surface area contributed by atoms with Crippen LogP contribution < -0.4 is 10.6 Å². The molecule has 2 unspecified atom stereocenters. The Morgan fingerprint density at radius 1 is 1.21 bits per heavy atom. The quantitative estimate of drug-likeness (QED) is 0.600. The maximum Gasteiger partial charge on any atom is 0.407 e. The Morgan fingerprint density at radius 3 is 2.42 bits per heavy atom. The Hall–Kier alpha value is -2.15. The van der Waals surface area contributed by atoms with Crippen LogP contribution in [0.1, 0.15) is 56.9 Å². The van der Waals surface area contributed by atoms with E-state index in [4.69, 9.17) is 4.74 Å². The summed E-state index contributed by atoms with van der Waals surface area (Å²) >= 11 is 0. The standard InChI is InChI=1S/C20H30F3N5O4S/c1-13(10-20(21,22)23)26-19(29)32-17-4-3-14(9-17)15-11-24-18(25-12-15)27-16-5-7-28(8-6-16)33(2,30)31/h11-14,16-17H,3-10H2,1-2H3,(H,26,29)(H,24,25,27)/t13-,14?,17?/m0/s1. The van der Waals surface area contributed by atoms with Crippen LogP contribution in [0.15, 0.2) is 12.4 Å². The number of nitrogens with zero attached hydrogens (tertiary/aromatic N) is 3. The van der Waals surface area contributed by atoms with Gasteiger partial charge in [-0.15, -0.1) is 0 Å². The summed E-state index contributed by atoms with van der Waals surface area (Å²) in [5.74, 6) is 0.572. The topological polar surface area (TPSA) is 114 Å². The molecule has 1 saturated carbocycles. The van der Waals surface area contributed by atoms with E-state index in [1.54, 1.807) is 12.4 Å². The second kappa shape index (κ2) is 10.4. The van der Waals surface area contributed by atoms with Gasteiger partial charge in [0.2, 0.25) is 16.0 Å². The molecule has 33 heavy (non-hydrogen) atoms. The van der Waals surface area contributed by atoms with Crippen LogP contribution in [0.4, 0.5) is 23.9 Å². The van der Waals surface area contributed by atoms with Gasteiger partial charge in [0.1, 0.15) is 6.10 Å². The summed E-state index contributed by atoms with van der Waals surface area (Å²) in [4.78, 5) is 20.6. The molecule has 1 aromatic heterocycles. The molecule has 0 bridgehead atoms. The minimum Gasteiger partial charge on any atom is -0.446 e. The van der Waals surface area contributed by atoms with Crippen LogP contribution in [0.5, 0.6) is 0 Å². The van der Waals surface area contributed by atoms with Crippen LogP contribution in [0, 0.1) is 0 Å². The first-order valence-electron chi connectivity index (χ1n) is 11.0. The van der Waals surface area contributed by atoms with Gasteiger partial charge < -0.3 is 15.4 Å². The minimum absolute atomic E-state index is 0.0939. The number of sulfonamides is 1. The van der Waals surface area contributed by atoms with Crippen LogP contribution >= 0.6 is 0 Å². The number of hydrogen-bond donors (Lipinski definition) is 2. The minimum atomic E-state index is -4.35. The van der Waals surface area contributed by atoms with E-state index in [1.165, 1.54) is 17.5 Å². The SMILES string of the molecule is C[C@@H](CC(F)(F)F)NC(=O)OC1CCC(c2cnc(NC3CCN(S(C)(=O)=O)CC3)nc2)C1. The van der Waals surface area contributed by atoms with Gasteiger partial charge in [0.05, 0.1) is 12.7 Å². The van der Waals surface area contributed by atoms with Crippen molar-refractivity contribution >= 4 is 22.1 Å². The molecule has 2 N–H and O–H groups in total. The molecule has 1 amide bonds. The molecule has 0 radical (unpaired) electrons. The molecular weight excluding hydrogens is 463 g/mol. The second-order valence-electron chi connectivity index (χ2n) is 8.82. The number of ether oxygens (including phenoxy) is 1. The zero-order valence-electron chi connectivity index (χ0n) is 18.6. The van der Waals surface area contributed by atoms with Gasteiger partial charge in [0.15, 0.2) is 0 Å². The summed E-state index contributed by atoms with van der Waals surface area (Å²) in [7, 11) is -3.17. The second-order valence-corrected chi connectivity index (χ2v) is 10.8. The number of carbonyl (C=O) groups excluding carboxylic acids is 1. The number of piperidine rings is 1. The van der Waals surface area contributed by atoms with Crippen molar-refractivity contribution in [1.82, 2.24) is 19.6 Å². The first kappa shape index (κ1) is 25.5. The first-order valence-corrected chi connectivity index (χ1v) is 12.8. The number of nitrogens with one attached hydrogen (secondary N) is 2. The lowest BCUT2D eigenvalue weighted by Gasteiger charge is -2.30. The van der Waals surface area contributed by atoms with Crippen LogP contribution in [-0.2, 0) is 14.8 Å². The van der Waals surface area contributed by atoms with Crippen LogP contribution in [0.2, 0.25) is 0 Å². The van der Waals surface area contributed by atoms with Gasteiger partial charge in [-0.1, -0.05) is 0 Å². The van der Waals surface area contributed by atoms with Gasteiger partial charge in [0.25, 0.3) is 0 Å². The molecule has 1 aromatic rings. The third kappa shape index (κ3) is 7.98. The van der Waals surface area contributed by atoms with E-state index in [2.05, 4.69) is 20.6 Å². The Labute approximate surface area is 191 Å². The molecule has 186 valence electrons. The number of rotatable bonds is 7. The molecule has 2 heterocycles. The number of amides is 1. The van der Waals surface area contributed by atoms with Crippen molar-refractivity contribution in [3.05, 3.63) is 18.0 Å². The summed E-state index contributed by atoms with van der Waals surface area (Å²) < 4.78 is 67.1. The highest BCUT2D eigenvalue weighted by Gasteiger charge is 2.33. The number of hydrogen-bond acceptors (Lipinski definition) is 7. The Kier molecular flexibility index (Phi) is 8.04. The van der Waals surface area contributed by atoms with Crippen LogP contribution in [0.25, 0.3) is 0 Å². The van der Waals surface area contributed by atoms with Crippen molar-refractivity contribution < 1.29 is 31.1 Å². The molecule has 3 atom stereocenters. The Balaban J connectivity index is 1.43. The average Bonchev–Trinajstić information content (AvgIpc) is 3.15. The van der Waals surface area contributed by atoms with E-state index in [-0.39, 0.29) is 18.1 Å². The zero-order chi connectivity index (χ0) is 24.2. The van der Waals surface area contributed by atoms with Gasteiger partial charge in [-0.25, -0.2) is 27.5 Å². The van der Waals surface area contributed by atoms with Crippen molar-refractivity contribution in [3.63, 3.8) is 0 Å². The third-order valence-corrected chi connectivity index (χ3v) is 7.26. The van der Waals surface area contributed by atoms with Gasteiger partial charge in [0, 0.05) is 37.6 Å². The van der Waals surface area contributed by atoms with Gasteiger partial charge in [-0.2, -0.15) is 13.2 Å². The molecule has 0 aromatic carbocycles. The molecule has 0 spiro atoms. The number of aromatic nitrogens is 2. The van der Waals surface area contributed by atoms with Crippen LogP contribution in [0.3, 0.4) is 0 Å². The van der Waals surface area contributed by atoms with E-state index in [1.807, 2.05) is 0 Å². The predicted molar refractivity (Wildman–Crippen MR) is 115 cm³/mol. The van der Waals surface area contributed by atoms with Gasteiger partial charge in [-0.05, 0) is 50.5 Å². The molecule has 2 aliphatic rings. The highest BCUT2D eigenvalue weighted by Crippen LogP contribution is 2.35. The molecule has 1 aliphatic heterocycles. The van der Waals surface area contributed by atoms with E-state index in [0.717, 1.165) is 12.0 Å². The predicted octanol–water partition coefficient (Wildman–Crippen LogP) is 3.02. The molecule has 9 nitrogen and oxygen atoms in total. The molecule has 1 aliphatic carbocycles. The summed E-state index contributed by atoms with van der Waals surface area (Å²) in [6.45, 7) is 2.20. The van der Waals surface area contributed by atoms with Crippen molar-refractivity contribution in [2.75, 3.05) is 24.7 Å². The molecule has 3 rings (SSSR count). The van der Waals surface area contributed by atoms with E-state index >= 15 is 0 Å². The average molecular weight is 494 g/mol. The third-order valence-electron chi connectivity index (χ3n) is 5.96. The van der Waals surface area contributed by atoms with Crippen molar-refractivity contribution in [1.29, 1.82) is 0 Å². The number of alkyl carbamates (subject to hydrolysis) is 1. The van der Waals surface area contributed by atoms with Crippen molar-refractivity contribution in [2.45, 2.75) is 75.7 Å². The van der Waals surface area contributed by atoms with Gasteiger partial charge >= 0.3 is 12.3 Å². The Bertz CT molecular complexity index is 905. The summed E-state index contributed by atoms with van der Waals surface area (Å²) in [5.41, 5.74) is 0.907. The van der Waals surface area contributed by atoms with E-state index in [9.17, 15) is 26.4 Å². The van der Waals surface area contributed by atoms with Crippen LogP contribution in [-0.4, -0.2) is 72.5 Å². The number of alkyl halides is 3. The summed E-state index contributed by atoms with van der Waals surface area (Å²) in [6, 6.07) is -0.960. The zero-order valence-corrected chi connectivity index (χ0v) is 19.5. The molecular formula is C20H30F3N5O4S. The fraction of sp³-hybridized carbons (Fsp3) is 0.750. The summed E-state index contributed by atoms with van der Waals surface area (Å²) in [6.07, 6.45) is 1.26. The fourth-order valence-corrected chi connectivity index (χ4v) is 5.15. The first-order chi connectivity index (χ1) is 15.4. The lowest BCUT2D eigenvalue weighted by Crippen LogP contribution is -2.42. The lowest BCUT2D eigenvalue weighted by atomic mass is 10.0. The molecule has 2 fully saturated rings. The Morgan fingerprint density at radius 2 is 1.85 bits per heavy atom. The maximum atomic E-state index is 12.4. The van der Waals surface area contributed by atoms with Crippen molar-refractivity contribution in [3.8, 4) is 0 Å². The number of carbonyl (C=O) groups is 1. The molecule has 1 saturated heterocycles. The number of halogens is 3. The monoisotopic (exact) mass is 493 g/mol. The fourth-order valence-electron chi connectivity index (χ4n) is 4.27. The highest BCUT2D eigenvalue weighted by molar-refractivity contribution is 7.88. The largest absolute Gasteiger partial charge is 0.446 e. The smallest absolute Gasteiger partial charge is 0.407 e. The number of anilines is 1.